The number of nitrogens with zero attached hydrogens (tertiary/aromatic N) is 4. The van der Waals surface area contributed by atoms with Gasteiger partial charge in [0.1, 0.15) is 0 Å². The van der Waals surface area contributed by atoms with Crippen molar-refractivity contribution in [2.24, 2.45) is 10.7 Å². The van der Waals surface area contributed by atoms with Gasteiger partial charge in [0.2, 0.25) is 0 Å². The first kappa shape index (κ1) is 13.7. The van der Waals surface area contributed by atoms with Crippen molar-refractivity contribution in [2.75, 3.05) is 11.4 Å². The van der Waals surface area contributed by atoms with Gasteiger partial charge in [-0.05, 0) is 32.9 Å². The minimum atomic E-state index is 0.109. The van der Waals surface area contributed by atoms with Crippen molar-refractivity contribution < 1.29 is 0 Å². The van der Waals surface area contributed by atoms with Gasteiger partial charge in [-0.15, -0.1) is 0 Å². The summed E-state index contributed by atoms with van der Waals surface area (Å²) in [4.78, 5) is 10.8. The lowest BCUT2D eigenvalue weighted by atomic mass is 10.1. The largest absolute Gasteiger partial charge is 0.369 e. The average Bonchev–Trinajstić information content (AvgIpc) is 3.06. The fraction of sp³-hybridized carbons (Fsp3) is 0.375. The number of benzene rings is 1. The molecule has 1 atom stereocenters. The Labute approximate surface area is 125 Å². The highest BCUT2D eigenvalue weighted by molar-refractivity contribution is 5.97. The van der Waals surface area contributed by atoms with Crippen molar-refractivity contribution in [3.63, 3.8) is 0 Å². The molecule has 5 nitrogen and oxygen atoms in total. The molecule has 0 amide bonds. The zero-order valence-electron chi connectivity index (χ0n) is 12.7. The fourth-order valence-electron chi connectivity index (χ4n) is 2.75. The van der Waals surface area contributed by atoms with Crippen molar-refractivity contribution in [3.8, 4) is 0 Å². The summed E-state index contributed by atoms with van der Waals surface area (Å²) in [5.74, 6) is 0.570. The Balaban J connectivity index is 1.99. The van der Waals surface area contributed by atoms with Crippen LogP contribution in [-0.4, -0.2) is 22.1 Å². The first-order valence-electron chi connectivity index (χ1n) is 7.25. The Morgan fingerprint density at radius 1 is 1.24 bits per heavy atom. The number of guanidine groups is 1. The van der Waals surface area contributed by atoms with Crippen LogP contribution < -0.4 is 10.6 Å². The molecule has 0 fully saturated rings. The highest BCUT2D eigenvalue weighted by atomic mass is 15.3. The molecule has 1 aromatic heterocycles. The van der Waals surface area contributed by atoms with Crippen molar-refractivity contribution in [1.29, 1.82) is 0 Å². The summed E-state index contributed by atoms with van der Waals surface area (Å²) in [5, 5.41) is 0. The van der Waals surface area contributed by atoms with E-state index in [2.05, 4.69) is 64.5 Å². The molecule has 1 unspecified atom stereocenters. The van der Waals surface area contributed by atoms with E-state index in [1.54, 1.807) is 0 Å². The molecule has 1 aliphatic heterocycles. The van der Waals surface area contributed by atoms with Crippen LogP contribution >= 0.6 is 0 Å². The number of hydrogen-bond acceptors (Lipinski definition) is 4. The molecule has 0 radical (unpaired) electrons. The topological polar surface area (TPSA) is 59.4 Å². The third-order valence-corrected chi connectivity index (χ3v) is 3.89. The Morgan fingerprint density at radius 3 is 2.62 bits per heavy atom. The van der Waals surface area contributed by atoms with E-state index < -0.39 is 0 Å². The van der Waals surface area contributed by atoms with E-state index >= 15 is 0 Å². The van der Waals surface area contributed by atoms with Crippen LogP contribution in [0.25, 0.3) is 0 Å². The lowest BCUT2D eigenvalue weighted by molar-refractivity contribution is 0.549. The van der Waals surface area contributed by atoms with E-state index in [1.165, 1.54) is 5.56 Å². The minimum absolute atomic E-state index is 0.109. The van der Waals surface area contributed by atoms with Gasteiger partial charge in [0.15, 0.2) is 5.96 Å². The Morgan fingerprint density at radius 2 is 1.95 bits per heavy atom. The second kappa shape index (κ2) is 5.24. The number of imidazole rings is 1. The third-order valence-electron chi connectivity index (χ3n) is 3.89. The Hall–Kier alpha value is -2.30. The van der Waals surface area contributed by atoms with Gasteiger partial charge in [-0.25, -0.2) is 4.98 Å². The lowest BCUT2D eigenvalue weighted by Crippen LogP contribution is -2.37. The van der Waals surface area contributed by atoms with Gasteiger partial charge >= 0.3 is 0 Å². The highest BCUT2D eigenvalue weighted by Crippen LogP contribution is 2.32. The second-order valence-corrected chi connectivity index (χ2v) is 5.74. The standard InChI is InChI=1S/C16H21N5/c1-11(2)20-10-18-8-14(20)15-9-19-16(17)21(15)13-6-4-12(3)5-7-13/h4-8,10-11,15H,9H2,1-3H3,(H2,17,19). The van der Waals surface area contributed by atoms with Crippen LogP contribution in [0, 0.1) is 6.92 Å². The van der Waals surface area contributed by atoms with Crippen molar-refractivity contribution >= 4 is 11.6 Å². The smallest absolute Gasteiger partial charge is 0.196 e. The molecule has 1 aromatic carbocycles. The Bertz CT molecular complexity index is 654. The van der Waals surface area contributed by atoms with E-state index in [-0.39, 0.29) is 6.04 Å². The quantitative estimate of drug-likeness (QED) is 0.942. The molecule has 0 spiro atoms. The summed E-state index contributed by atoms with van der Waals surface area (Å²) >= 11 is 0. The normalized spacial score (nSPS) is 18.4. The van der Waals surface area contributed by atoms with Gasteiger partial charge in [0.05, 0.1) is 30.8 Å². The number of aromatic nitrogens is 2. The summed E-state index contributed by atoms with van der Waals surface area (Å²) in [5.41, 5.74) is 9.57. The molecule has 2 N–H and O–H groups in total. The monoisotopic (exact) mass is 283 g/mol. The van der Waals surface area contributed by atoms with Crippen LogP contribution in [0.1, 0.15) is 37.2 Å². The van der Waals surface area contributed by atoms with E-state index in [1.807, 2.05) is 12.5 Å². The minimum Gasteiger partial charge on any atom is -0.369 e. The predicted octanol–water partition coefficient (Wildman–Crippen LogP) is 2.65. The van der Waals surface area contributed by atoms with Crippen molar-refractivity contribution in [2.45, 2.75) is 32.9 Å². The number of nitrogens with two attached hydrogens (primary N) is 1. The molecule has 0 bridgehead atoms. The zero-order chi connectivity index (χ0) is 15.0. The summed E-state index contributed by atoms with van der Waals surface area (Å²) < 4.78 is 2.18. The molecule has 0 saturated heterocycles. The van der Waals surface area contributed by atoms with E-state index in [9.17, 15) is 0 Å². The second-order valence-electron chi connectivity index (χ2n) is 5.74. The summed E-state index contributed by atoms with van der Waals surface area (Å²) in [6, 6.07) is 8.84. The zero-order valence-corrected chi connectivity index (χ0v) is 12.7. The maximum absolute atomic E-state index is 6.12. The number of aryl methyl sites for hydroxylation is 1. The summed E-state index contributed by atoms with van der Waals surface area (Å²) in [7, 11) is 0. The number of hydrogen-bond donors (Lipinski definition) is 1. The molecule has 5 heteroatoms. The van der Waals surface area contributed by atoms with Gasteiger partial charge in [-0.2, -0.15) is 0 Å². The summed E-state index contributed by atoms with van der Waals surface area (Å²) in [6.45, 7) is 7.05. The maximum Gasteiger partial charge on any atom is 0.196 e. The van der Waals surface area contributed by atoms with Crippen molar-refractivity contribution in [3.05, 3.63) is 48.0 Å². The highest BCUT2D eigenvalue weighted by Gasteiger charge is 2.31. The lowest BCUT2D eigenvalue weighted by Gasteiger charge is -2.28. The molecule has 3 rings (SSSR count). The van der Waals surface area contributed by atoms with E-state index in [0.717, 1.165) is 11.4 Å². The number of anilines is 1. The molecule has 1 aliphatic rings. The van der Waals surface area contributed by atoms with Gasteiger partial charge in [0, 0.05) is 11.7 Å². The molecule has 2 aromatic rings. The molecule has 0 aliphatic carbocycles. The molecular weight excluding hydrogens is 262 g/mol. The number of aliphatic imine (C=N–C) groups is 1. The maximum atomic E-state index is 6.12. The van der Waals surface area contributed by atoms with E-state index in [0.29, 0.717) is 18.5 Å². The van der Waals surface area contributed by atoms with Gasteiger partial charge in [-0.3, -0.25) is 4.99 Å². The van der Waals surface area contributed by atoms with Gasteiger partial charge in [-0.1, -0.05) is 17.7 Å². The molecule has 110 valence electrons. The van der Waals surface area contributed by atoms with Crippen LogP contribution in [0.15, 0.2) is 41.8 Å². The van der Waals surface area contributed by atoms with E-state index in [4.69, 9.17) is 5.73 Å². The van der Waals surface area contributed by atoms with Crippen LogP contribution in [0.4, 0.5) is 5.69 Å². The number of rotatable bonds is 3. The van der Waals surface area contributed by atoms with Crippen LogP contribution in [0.5, 0.6) is 0 Å². The fourth-order valence-corrected chi connectivity index (χ4v) is 2.75. The molecule has 0 saturated carbocycles. The average molecular weight is 283 g/mol. The first-order valence-corrected chi connectivity index (χ1v) is 7.25. The van der Waals surface area contributed by atoms with Gasteiger partial charge < -0.3 is 15.2 Å². The molecular formula is C16H21N5. The Kier molecular flexibility index (Phi) is 3.41. The van der Waals surface area contributed by atoms with Crippen LogP contribution in [-0.2, 0) is 0 Å². The molecule has 2 heterocycles. The first-order chi connectivity index (χ1) is 10.1. The summed E-state index contributed by atoms with van der Waals surface area (Å²) in [6.07, 6.45) is 3.79. The SMILES string of the molecule is Cc1ccc(N2C(N)=NCC2c2cncn2C(C)C)cc1. The molecule has 21 heavy (non-hydrogen) atoms. The van der Waals surface area contributed by atoms with Crippen LogP contribution in [0.3, 0.4) is 0 Å². The predicted molar refractivity (Wildman–Crippen MR) is 85.5 cm³/mol. The third kappa shape index (κ3) is 2.39. The van der Waals surface area contributed by atoms with Gasteiger partial charge in [0.25, 0.3) is 0 Å². The van der Waals surface area contributed by atoms with Crippen molar-refractivity contribution in [1.82, 2.24) is 9.55 Å². The van der Waals surface area contributed by atoms with Crippen LogP contribution in [0.2, 0.25) is 0 Å².